The summed E-state index contributed by atoms with van der Waals surface area (Å²) in [6, 6.07) is 7.93. The molecular formula is C20H24N4O2. The molecule has 0 aromatic carbocycles. The highest BCUT2D eigenvalue weighted by atomic mass is 16.6. The second kappa shape index (κ2) is 6.70. The maximum absolute atomic E-state index is 6.10. The van der Waals surface area contributed by atoms with Crippen LogP contribution >= 0.6 is 0 Å². The maximum atomic E-state index is 6.10. The van der Waals surface area contributed by atoms with Gasteiger partial charge in [0.25, 0.3) is 0 Å². The minimum atomic E-state index is -0.185. The lowest BCUT2D eigenvalue weighted by Gasteiger charge is -2.36. The molecule has 3 aromatic rings. The van der Waals surface area contributed by atoms with Gasteiger partial charge in [0.05, 0.1) is 22.2 Å². The molecule has 0 bridgehead atoms. The number of pyridine rings is 2. The highest BCUT2D eigenvalue weighted by molar-refractivity contribution is 5.86. The van der Waals surface area contributed by atoms with E-state index >= 15 is 0 Å². The van der Waals surface area contributed by atoms with Crippen LogP contribution < -0.4 is 10.1 Å². The van der Waals surface area contributed by atoms with Crippen LogP contribution in [0.4, 0.5) is 0 Å². The smallest absolute Gasteiger partial charge is 0.223 e. The van der Waals surface area contributed by atoms with Crippen molar-refractivity contribution >= 4 is 10.9 Å². The van der Waals surface area contributed by atoms with E-state index in [4.69, 9.17) is 14.5 Å². The fourth-order valence-electron chi connectivity index (χ4n) is 3.29. The minimum Gasteiger partial charge on any atom is -0.474 e. The first-order valence-corrected chi connectivity index (χ1v) is 8.90. The third kappa shape index (κ3) is 3.57. The molecular weight excluding hydrogens is 328 g/mol. The van der Waals surface area contributed by atoms with Crippen LogP contribution in [0.3, 0.4) is 0 Å². The molecule has 3 aromatic heterocycles. The predicted molar refractivity (Wildman–Crippen MR) is 101 cm³/mol. The van der Waals surface area contributed by atoms with Gasteiger partial charge in [-0.3, -0.25) is 4.98 Å². The normalized spacial score (nSPS) is 19.6. The van der Waals surface area contributed by atoms with Crippen molar-refractivity contribution in [3.63, 3.8) is 0 Å². The number of morpholine rings is 1. The van der Waals surface area contributed by atoms with Gasteiger partial charge in [-0.05, 0) is 38.1 Å². The Morgan fingerprint density at radius 2 is 2.27 bits per heavy atom. The molecule has 1 atom stereocenters. The maximum Gasteiger partial charge on any atom is 0.223 e. The van der Waals surface area contributed by atoms with E-state index in [2.05, 4.69) is 24.1 Å². The highest BCUT2D eigenvalue weighted by Gasteiger charge is 2.28. The van der Waals surface area contributed by atoms with E-state index in [-0.39, 0.29) is 11.7 Å². The molecule has 1 aliphatic rings. The van der Waals surface area contributed by atoms with Crippen LogP contribution in [0.15, 0.2) is 42.9 Å². The van der Waals surface area contributed by atoms with Crippen molar-refractivity contribution in [2.24, 2.45) is 7.05 Å². The van der Waals surface area contributed by atoms with Gasteiger partial charge >= 0.3 is 0 Å². The number of ether oxygens (including phenoxy) is 2. The Balaban J connectivity index is 1.63. The summed E-state index contributed by atoms with van der Waals surface area (Å²) >= 11 is 0. The number of fused-ring (bicyclic) bond motifs is 1. The Bertz CT molecular complexity index is 919. The van der Waals surface area contributed by atoms with Gasteiger partial charge in [0, 0.05) is 44.3 Å². The first-order chi connectivity index (χ1) is 12.5. The quantitative estimate of drug-likeness (QED) is 0.782. The largest absolute Gasteiger partial charge is 0.474 e. The number of hydrogen-bond acceptors (Lipinski definition) is 5. The van der Waals surface area contributed by atoms with Gasteiger partial charge in [0.2, 0.25) is 5.88 Å². The molecule has 136 valence electrons. The van der Waals surface area contributed by atoms with Crippen LogP contribution in [0.5, 0.6) is 5.88 Å². The summed E-state index contributed by atoms with van der Waals surface area (Å²) in [5.74, 6) is 0.599. The molecule has 6 nitrogen and oxygen atoms in total. The molecule has 1 fully saturated rings. The van der Waals surface area contributed by atoms with Crippen molar-refractivity contribution in [3.05, 3.63) is 42.9 Å². The van der Waals surface area contributed by atoms with Gasteiger partial charge in [-0.25, -0.2) is 4.98 Å². The van der Waals surface area contributed by atoms with Crippen LogP contribution in [0.2, 0.25) is 0 Å². The number of aryl methyl sites for hydroxylation is 1. The average molecular weight is 352 g/mol. The summed E-state index contributed by atoms with van der Waals surface area (Å²) in [6.07, 6.45) is 5.83. The van der Waals surface area contributed by atoms with E-state index in [1.165, 1.54) is 0 Å². The standard InChI is InChI=1S/C20H24N4O2/c1-20(2)13-21-10-15(26-20)12-25-19-16-5-4-7-22-18(16)9-17(23-19)14-6-8-24(3)11-14/h4-9,11,15,21H,10,12-13H2,1-3H3/t15-/m0/s1. The molecule has 1 N–H and O–H groups in total. The molecule has 0 radical (unpaired) electrons. The average Bonchev–Trinajstić information content (AvgIpc) is 3.05. The number of nitrogens with one attached hydrogen (secondary N) is 1. The number of rotatable bonds is 4. The lowest BCUT2D eigenvalue weighted by Crippen LogP contribution is -2.52. The van der Waals surface area contributed by atoms with Crippen LogP contribution in [0.25, 0.3) is 22.2 Å². The Morgan fingerprint density at radius 3 is 3.04 bits per heavy atom. The van der Waals surface area contributed by atoms with E-state index in [9.17, 15) is 0 Å². The number of hydrogen-bond donors (Lipinski definition) is 1. The Hall–Kier alpha value is -2.44. The molecule has 1 aliphatic heterocycles. The summed E-state index contributed by atoms with van der Waals surface area (Å²) in [5.41, 5.74) is 2.59. The van der Waals surface area contributed by atoms with Crippen molar-refractivity contribution in [1.29, 1.82) is 0 Å². The third-order valence-electron chi connectivity index (χ3n) is 4.51. The topological polar surface area (TPSA) is 61.2 Å². The van der Waals surface area contributed by atoms with E-state index in [0.717, 1.165) is 35.2 Å². The monoisotopic (exact) mass is 352 g/mol. The van der Waals surface area contributed by atoms with Gasteiger partial charge in [-0.1, -0.05) is 0 Å². The molecule has 0 saturated carbocycles. The SMILES string of the molecule is Cn1ccc(-c2cc3ncccc3c(OC[C@@H]3CNCC(C)(C)O3)n2)c1. The van der Waals surface area contributed by atoms with Gasteiger partial charge in [-0.2, -0.15) is 0 Å². The first kappa shape index (κ1) is 17.0. The van der Waals surface area contributed by atoms with Crippen molar-refractivity contribution in [3.8, 4) is 17.1 Å². The molecule has 26 heavy (non-hydrogen) atoms. The van der Waals surface area contributed by atoms with E-state index in [1.54, 1.807) is 6.20 Å². The van der Waals surface area contributed by atoms with Crippen LogP contribution in [0, 0.1) is 0 Å². The van der Waals surface area contributed by atoms with Crippen molar-refractivity contribution in [2.75, 3.05) is 19.7 Å². The van der Waals surface area contributed by atoms with Crippen molar-refractivity contribution in [2.45, 2.75) is 25.6 Å². The van der Waals surface area contributed by atoms with Gasteiger partial charge in [0.15, 0.2) is 0 Å². The van der Waals surface area contributed by atoms with E-state index in [0.29, 0.717) is 12.5 Å². The van der Waals surface area contributed by atoms with Gasteiger partial charge in [-0.15, -0.1) is 0 Å². The number of aromatic nitrogens is 3. The van der Waals surface area contributed by atoms with E-state index in [1.807, 2.05) is 48.3 Å². The van der Waals surface area contributed by atoms with Crippen molar-refractivity contribution < 1.29 is 9.47 Å². The first-order valence-electron chi connectivity index (χ1n) is 8.90. The third-order valence-corrected chi connectivity index (χ3v) is 4.51. The van der Waals surface area contributed by atoms with Crippen LogP contribution in [-0.4, -0.2) is 45.9 Å². The molecule has 4 heterocycles. The molecule has 6 heteroatoms. The van der Waals surface area contributed by atoms with Gasteiger partial charge in [0.1, 0.15) is 12.7 Å². The lowest BCUT2D eigenvalue weighted by molar-refractivity contribution is -0.107. The predicted octanol–water partition coefficient (Wildman–Crippen LogP) is 2.78. The Kier molecular flexibility index (Phi) is 4.38. The summed E-state index contributed by atoms with van der Waals surface area (Å²) in [4.78, 5) is 9.24. The highest BCUT2D eigenvalue weighted by Crippen LogP contribution is 2.28. The molecule has 1 saturated heterocycles. The lowest BCUT2D eigenvalue weighted by atomic mass is 10.1. The Labute approximate surface area is 153 Å². The summed E-state index contributed by atoms with van der Waals surface area (Å²) in [7, 11) is 2.00. The fourth-order valence-corrected chi connectivity index (χ4v) is 3.29. The molecule has 0 amide bonds. The summed E-state index contributed by atoms with van der Waals surface area (Å²) < 4.78 is 14.2. The second-order valence-corrected chi connectivity index (χ2v) is 7.39. The molecule has 0 aliphatic carbocycles. The molecule has 4 rings (SSSR count). The van der Waals surface area contributed by atoms with Crippen LogP contribution in [0.1, 0.15) is 13.8 Å². The summed E-state index contributed by atoms with van der Waals surface area (Å²) in [6.45, 7) is 6.24. The zero-order valence-corrected chi connectivity index (χ0v) is 15.4. The van der Waals surface area contributed by atoms with E-state index < -0.39 is 0 Å². The summed E-state index contributed by atoms with van der Waals surface area (Å²) in [5, 5.41) is 4.31. The van der Waals surface area contributed by atoms with Gasteiger partial charge < -0.3 is 19.4 Å². The minimum absolute atomic E-state index is 0.00680. The Morgan fingerprint density at radius 1 is 1.38 bits per heavy atom. The van der Waals surface area contributed by atoms with Crippen molar-refractivity contribution in [1.82, 2.24) is 19.9 Å². The molecule has 0 spiro atoms. The zero-order chi connectivity index (χ0) is 18.1. The van der Waals surface area contributed by atoms with Crippen LogP contribution in [-0.2, 0) is 11.8 Å². The second-order valence-electron chi connectivity index (χ2n) is 7.39. The zero-order valence-electron chi connectivity index (χ0n) is 15.4. The number of nitrogens with zero attached hydrogens (tertiary/aromatic N) is 3. The molecule has 0 unspecified atom stereocenters. The fraction of sp³-hybridized carbons (Fsp3) is 0.400.